The molecule has 0 aliphatic rings. The first-order chi connectivity index (χ1) is 8.22. The van der Waals surface area contributed by atoms with Gasteiger partial charge in [0.05, 0.1) is 6.54 Å². The summed E-state index contributed by atoms with van der Waals surface area (Å²) < 4.78 is 3.39. The SMILES string of the molecule is Clc1ccc2c(ccn2Cc2cc(Br)cs2)c1. The predicted octanol–water partition coefficient (Wildman–Crippen LogP) is 5.17. The van der Waals surface area contributed by atoms with Crippen molar-refractivity contribution in [3.05, 3.63) is 56.3 Å². The first-order valence-electron chi connectivity index (χ1n) is 5.20. The highest BCUT2D eigenvalue weighted by atomic mass is 79.9. The van der Waals surface area contributed by atoms with Crippen molar-refractivity contribution in [3.8, 4) is 0 Å². The van der Waals surface area contributed by atoms with Crippen LogP contribution in [0, 0.1) is 0 Å². The lowest BCUT2D eigenvalue weighted by Crippen LogP contribution is -1.94. The molecule has 0 aliphatic heterocycles. The summed E-state index contributed by atoms with van der Waals surface area (Å²) in [5, 5.41) is 4.08. The number of aromatic nitrogens is 1. The molecule has 0 saturated heterocycles. The fourth-order valence-electron chi connectivity index (χ4n) is 1.91. The Morgan fingerprint density at radius 3 is 2.88 bits per heavy atom. The summed E-state index contributed by atoms with van der Waals surface area (Å²) in [6, 6.07) is 10.3. The molecule has 3 aromatic rings. The van der Waals surface area contributed by atoms with Gasteiger partial charge in [-0.1, -0.05) is 11.6 Å². The molecule has 0 spiro atoms. The number of benzene rings is 1. The highest BCUT2D eigenvalue weighted by molar-refractivity contribution is 9.10. The second-order valence-electron chi connectivity index (χ2n) is 3.88. The topological polar surface area (TPSA) is 4.93 Å². The number of halogens is 2. The highest BCUT2D eigenvalue weighted by Gasteiger charge is 2.04. The zero-order valence-corrected chi connectivity index (χ0v) is 12.0. The van der Waals surface area contributed by atoms with E-state index in [1.807, 2.05) is 12.1 Å². The summed E-state index contributed by atoms with van der Waals surface area (Å²) in [7, 11) is 0. The Bertz CT molecular complexity index is 671. The molecule has 2 aromatic heterocycles. The monoisotopic (exact) mass is 325 g/mol. The molecule has 0 amide bonds. The van der Waals surface area contributed by atoms with Gasteiger partial charge < -0.3 is 4.57 Å². The van der Waals surface area contributed by atoms with Crippen molar-refractivity contribution in [2.45, 2.75) is 6.54 Å². The second-order valence-corrected chi connectivity index (χ2v) is 6.23. The van der Waals surface area contributed by atoms with Crippen molar-refractivity contribution < 1.29 is 0 Å². The van der Waals surface area contributed by atoms with E-state index in [1.165, 1.54) is 15.8 Å². The van der Waals surface area contributed by atoms with Crippen molar-refractivity contribution in [2.75, 3.05) is 0 Å². The van der Waals surface area contributed by atoms with Gasteiger partial charge in [-0.25, -0.2) is 0 Å². The van der Waals surface area contributed by atoms with Gasteiger partial charge in [0.25, 0.3) is 0 Å². The number of nitrogens with zero attached hydrogens (tertiary/aromatic N) is 1. The van der Waals surface area contributed by atoms with Gasteiger partial charge in [0, 0.05) is 36.9 Å². The molecular weight excluding hydrogens is 318 g/mol. The maximum atomic E-state index is 5.98. The van der Waals surface area contributed by atoms with Crippen molar-refractivity contribution in [1.29, 1.82) is 0 Å². The molecule has 0 unspecified atom stereocenters. The summed E-state index contributed by atoms with van der Waals surface area (Å²) in [6.45, 7) is 0.904. The largest absolute Gasteiger partial charge is 0.342 e. The first-order valence-corrected chi connectivity index (χ1v) is 7.25. The minimum absolute atomic E-state index is 0.786. The molecule has 1 nitrogen and oxygen atoms in total. The maximum absolute atomic E-state index is 5.98. The summed E-state index contributed by atoms with van der Waals surface area (Å²) in [5.41, 5.74) is 1.22. The average Bonchev–Trinajstić information content (AvgIpc) is 2.86. The predicted molar refractivity (Wildman–Crippen MR) is 78.1 cm³/mol. The molecule has 4 heteroatoms. The Labute approximate surface area is 117 Å². The zero-order chi connectivity index (χ0) is 11.8. The Hall–Kier alpha value is -0.770. The number of rotatable bonds is 2. The summed E-state index contributed by atoms with van der Waals surface area (Å²) in [4.78, 5) is 1.34. The number of fused-ring (bicyclic) bond motifs is 1. The van der Waals surface area contributed by atoms with Gasteiger partial charge in [-0.05, 0) is 46.3 Å². The normalized spacial score (nSPS) is 11.2. The minimum atomic E-state index is 0.786. The fraction of sp³-hybridized carbons (Fsp3) is 0.0769. The fourth-order valence-corrected chi connectivity index (χ4v) is 3.54. The number of thiophene rings is 1. The standard InChI is InChI=1S/C13H9BrClNS/c14-10-6-12(17-8-10)7-16-4-3-9-5-11(15)1-2-13(9)16/h1-6,8H,7H2. The molecule has 0 N–H and O–H groups in total. The molecule has 0 aliphatic carbocycles. The quantitative estimate of drug-likeness (QED) is 0.612. The van der Waals surface area contributed by atoms with Crippen LogP contribution in [0.4, 0.5) is 0 Å². The van der Waals surface area contributed by atoms with Crippen LogP contribution in [0.5, 0.6) is 0 Å². The molecule has 0 saturated carbocycles. The molecule has 0 atom stereocenters. The van der Waals surface area contributed by atoms with Crippen LogP contribution in [0.1, 0.15) is 4.88 Å². The van der Waals surface area contributed by atoms with Crippen LogP contribution in [0.3, 0.4) is 0 Å². The Balaban J connectivity index is 2.00. The Morgan fingerprint density at radius 1 is 1.24 bits per heavy atom. The van der Waals surface area contributed by atoms with Crippen LogP contribution in [0.25, 0.3) is 10.9 Å². The number of hydrogen-bond acceptors (Lipinski definition) is 1. The summed E-state index contributed by atoms with van der Waals surface area (Å²) >= 11 is 11.2. The van der Waals surface area contributed by atoms with Gasteiger partial charge >= 0.3 is 0 Å². The first kappa shape index (κ1) is 11.3. The van der Waals surface area contributed by atoms with Crippen LogP contribution in [-0.4, -0.2) is 4.57 Å². The zero-order valence-electron chi connectivity index (χ0n) is 8.86. The molecule has 0 bridgehead atoms. The minimum Gasteiger partial charge on any atom is -0.342 e. The van der Waals surface area contributed by atoms with Crippen LogP contribution in [-0.2, 0) is 6.54 Å². The van der Waals surface area contributed by atoms with Crippen molar-refractivity contribution in [3.63, 3.8) is 0 Å². The van der Waals surface area contributed by atoms with E-state index >= 15 is 0 Å². The van der Waals surface area contributed by atoms with Crippen LogP contribution >= 0.6 is 38.9 Å². The summed E-state index contributed by atoms with van der Waals surface area (Å²) in [5.74, 6) is 0. The van der Waals surface area contributed by atoms with Gasteiger partial charge in [-0.15, -0.1) is 11.3 Å². The molecule has 2 heterocycles. The average molecular weight is 327 g/mol. The Kier molecular flexibility index (Phi) is 2.99. The van der Waals surface area contributed by atoms with E-state index in [0.717, 1.165) is 16.0 Å². The third kappa shape index (κ3) is 2.28. The van der Waals surface area contributed by atoms with E-state index in [2.05, 4.69) is 50.3 Å². The molecule has 0 radical (unpaired) electrons. The van der Waals surface area contributed by atoms with Gasteiger partial charge in [-0.3, -0.25) is 0 Å². The van der Waals surface area contributed by atoms with E-state index in [9.17, 15) is 0 Å². The Morgan fingerprint density at radius 2 is 2.12 bits per heavy atom. The molecule has 86 valence electrons. The highest BCUT2D eigenvalue weighted by Crippen LogP contribution is 2.24. The van der Waals surface area contributed by atoms with E-state index < -0.39 is 0 Å². The van der Waals surface area contributed by atoms with Crippen molar-refractivity contribution >= 4 is 49.8 Å². The smallest absolute Gasteiger partial charge is 0.0569 e. The summed E-state index contributed by atoms with van der Waals surface area (Å²) in [6.07, 6.45) is 2.11. The van der Waals surface area contributed by atoms with Crippen LogP contribution in [0.2, 0.25) is 5.02 Å². The van der Waals surface area contributed by atoms with Gasteiger partial charge in [-0.2, -0.15) is 0 Å². The van der Waals surface area contributed by atoms with Crippen LogP contribution < -0.4 is 0 Å². The third-order valence-electron chi connectivity index (χ3n) is 2.68. The van der Waals surface area contributed by atoms with Crippen molar-refractivity contribution in [2.24, 2.45) is 0 Å². The molecule has 0 fully saturated rings. The van der Waals surface area contributed by atoms with Crippen molar-refractivity contribution in [1.82, 2.24) is 4.57 Å². The van der Waals surface area contributed by atoms with Gasteiger partial charge in [0.2, 0.25) is 0 Å². The molecule has 1 aromatic carbocycles. The second kappa shape index (κ2) is 4.48. The number of hydrogen-bond donors (Lipinski definition) is 0. The van der Waals surface area contributed by atoms with Gasteiger partial charge in [0.1, 0.15) is 0 Å². The lowest BCUT2D eigenvalue weighted by molar-refractivity contribution is 0.851. The molecular formula is C13H9BrClNS. The third-order valence-corrected chi connectivity index (χ3v) is 4.60. The van der Waals surface area contributed by atoms with Crippen LogP contribution in [0.15, 0.2) is 46.4 Å². The van der Waals surface area contributed by atoms with E-state index in [4.69, 9.17) is 11.6 Å². The lowest BCUT2D eigenvalue weighted by atomic mass is 10.2. The van der Waals surface area contributed by atoms with E-state index in [0.29, 0.717) is 0 Å². The maximum Gasteiger partial charge on any atom is 0.0569 e. The van der Waals surface area contributed by atoms with E-state index in [1.54, 1.807) is 11.3 Å². The lowest BCUT2D eigenvalue weighted by Gasteiger charge is -2.03. The molecule has 3 rings (SSSR count). The van der Waals surface area contributed by atoms with Gasteiger partial charge in [0.15, 0.2) is 0 Å². The van der Waals surface area contributed by atoms with E-state index in [-0.39, 0.29) is 0 Å². The molecule has 17 heavy (non-hydrogen) atoms.